The number of hydrogen-bond donors (Lipinski definition) is 0. The van der Waals surface area contributed by atoms with Gasteiger partial charge < -0.3 is 14.0 Å². The Morgan fingerprint density at radius 3 is 1.82 bits per heavy atom. The van der Waals surface area contributed by atoms with Crippen molar-refractivity contribution in [1.29, 1.82) is 0 Å². The predicted molar refractivity (Wildman–Crippen MR) is 125 cm³/mol. The van der Waals surface area contributed by atoms with Crippen LogP contribution in [0, 0.1) is 0 Å². The summed E-state index contributed by atoms with van der Waals surface area (Å²) >= 11 is 0. The molecule has 0 saturated heterocycles. The Kier molecular flexibility index (Phi) is 5.18. The number of ether oxygens (including phenoxy) is 2. The number of benzene rings is 3. The van der Waals surface area contributed by atoms with Crippen molar-refractivity contribution >= 4 is 16.8 Å². The molecule has 8 nitrogen and oxygen atoms in total. The monoisotopic (exact) mass is 442 g/mol. The number of nitrogens with zero attached hydrogens (tertiary/aromatic N) is 4. The van der Waals surface area contributed by atoms with Gasteiger partial charge in [-0.15, -0.1) is 5.10 Å². The van der Waals surface area contributed by atoms with Crippen molar-refractivity contribution < 1.29 is 9.47 Å². The number of methoxy groups -OCH3 is 2. The van der Waals surface area contributed by atoms with Gasteiger partial charge in [-0.05, 0) is 47.5 Å². The van der Waals surface area contributed by atoms with Gasteiger partial charge in [0, 0.05) is 0 Å². The zero-order chi connectivity index (χ0) is 22.9. The van der Waals surface area contributed by atoms with Crippen molar-refractivity contribution in [2.24, 2.45) is 0 Å². The first-order valence-electron chi connectivity index (χ1n) is 10.5. The van der Waals surface area contributed by atoms with E-state index in [-0.39, 0.29) is 6.54 Å². The summed E-state index contributed by atoms with van der Waals surface area (Å²) in [6.07, 6.45) is 0. The average molecular weight is 442 g/mol. The van der Waals surface area contributed by atoms with Gasteiger partial charge in [0.1, 0.15) is 11.5 Å². The highest BCUT2D eigenvalue weighted by Gasteiger charge is 2.17. The Bertz CT molecular complexity index is 1560. The van der Waals surface area contributed by atoms with Gasteiger partial charge in [0.05, 0.1) is 38.3 Å². The maximum absolute atomic E-state index is 13.1. The molecule has 5 aromatic rings. The topological polar surface area (TPSA) is 79.8 Å². The highest BCUT2D eigenvalue weighted by atomic mass is 16.5. The van der Waals surface area contributed by atoms with Gasteiger partial charge in [-0.1, -0.05) is 36.4 Å². The highest BCUT2D eigenvalue weighted by Crippen LogP contribution is 2.21. The van der Waals surface area contributed by atoms with Crippen molar-refractivity contribution in [2.45, 2.75) is 13.1 Å². The van der Waals surface area contributed by atoms with Crippen molar-refractivity contribution in [1.82, 2.24) is 18.7 Å². The Balaban J connectivity index is 1.67. The van der Waals surface area contributed by atoms with E-state index in [0.717, 1.165) is 22.4 Å². The minimum absolute atomic E-state index is 0.179. The maximum Gasteiger partial charge on any atom is 0.333 e. The number of para-hydroxylation sites is 2. The fourth-order valence-electron chi connectivity index (χ4n) is 3.96. The summed E-state index contributed by atoms with van der Waals surface area (Å²) in [6, 6.07) is 22.5. The van der Waals surface area contributed by atoms with Crippen LogP contribution < -0.4 is 20.6 Å². The van der Waals surface area contributed by atoms with E-state index in [1.165, 1.54) is 9.08 Å². The Hall–Kier alpha value is -4.33. The first kappa shape index (κ1) is 20.6. The third-order valence-corrected chi connectivity index (χ3v) is 5.68. The van der Waals surface area contributed by atoms with Crippen LogP contribution >= 0.6 is 0 Å². The van der Waals surface area contributed by atoms with Gasteiger partial charge in [-0.3, -0.25) is 9.59 Å². The van der Waals surface area contributed by atoms with Crippen LogP contribution in [-0.2, 0) is 13.1 Å². The second-order valence-corrected chi connectivity index (χ2v) is 7.67. The first-order chi connectivity index (χ1) is 16.1. The van der Waals surface area contributed by atoms with Crippen LogP contribution in [0.2, 0.25) is 0 Å². The standard InChI is InChI=1S/C25H22N4O4/c1-32-19-11-7-17(8-12-19)15-27-21-5-3-4-6-22(21)29-24(31)23(30)28(26-25(27)29)16-18-9-13-20(33-2)14-10-18/h3-14H,15-16H2,1-2H3. The lowest BCUT2D eigenvalue weighted by molar-refractivity contribution is 0.414. The minimum atomic E-state index is -0.671. The molecule has 0 amide bonds. The van der Waals surface area contributed by atoms with Crippen LogP contribution in [0.1, 0.15) is 11.1 Å². The molecule has 5 rings (SSSR count). The van der Waals surface area contributed by atoms with Gasteiger partial charge in [0.15, 0.2) is 0 Å². The van der Waals surface area contributed by atoms with Crippen molar-refractivity contribution in [2.75, 3.05) is 14.2 Å². The summed E-state index contributed by atoms with van der Waals surface area (Å²) in [6.45, 7) is 0.660. The number of aromatic nitrogens is 4. The summed E-state index contributed by atoms with van der Waals surface area (Å²) < 4.78 is 15.0. The van der Waals surface area contributed by atoms with Crippen LogP contribution in [-0.4, -0.2) is 33.0 Å². The summed E-state index contributed by atoms with van der Waals surface area (Å²) in [4.78, 5) is 26.1. The summed E-state index contributed by atoms with van der Waals surface area (Å²) in [7, 11) is 3.22. The molecule has 0 aliphatic carbocycles. The Labute approximate surface area is 188 Å². The lowest BCUT2D eigenvalue weighted by atomic mass is 10.2. The maximum atomic E-state index is 13.1. The Morgan fingerprint density at radius 1 is 0.697 bits per heavy atom. The van der Waals surface area contributed by atoms with E-state index in [9.17, 15) is 9.59 Å². The second-order valence-electron chi connectivity index (χ2n) is 7.67. The number of hydrogen-bond acceptors (Lipinski definition) is 5. The highest BCUT2D eigenvalue weighted by molar-refractivity contribution is 5.80. The van der Waals surface area contributed by atoms with Gasteiger partial charge in [-0.2, -0.15) is 0 Å². The number of imidazole rings is 1. The average Bonchev–Trinajstić information content (AvgIpc) is 3.16. The van der Waals surface area contributed by atoms with Crippen molar-refractivity contribution in [3.63, 3.8) is 0 Å². The molecule has 2 heterocycles. The third kappa shape index (κ3) is 3.65. The SMILES string of the molecule is COc1ccc(Cn2nc3n(Cc4ccc(OC)cc4)c4ccccc4n3c(=O)c2=O)cc1. The largest absolute Gasteiger partial charge is 0.497 e. The quantitative estimate of drug-likeness (QED) is 0.378. The zero-order valence-corrected chi connectivity index (χ0v) is 18.3. The first-order valence-corrected chi connectivity index (χ1v) is 10.5. The van der Waals surface area contributed by atoms with Gasteiger partial charge in [0.25, 0.3) is 0 Å². The molecule has 0 atom stereocenters. The third-order valence-electron chi connectivity index (χ3n) is 5.68. The Morgan fingerprint density at radius 2 is 1.24 bits per heavy atom. The second kappa shape index (κ2) is 8.31. The van der Waals surface area contributed by atoms with Crippen LogP contribution in [0.4, 0.5) is 0 Å². The van der Waals surface area contributed by atoms with Crippen LogP contribution in [0.3, 0.4) is 0 Å². The normalized spacial score (nSPS) is 11.2. The molecule has 0 unspecified atom stereocenters. The van der Waals surface area contributed by atoms with Gasteiger partial charge >= 0.3 is 11.1 Å². The van der Waals surface area contributed by atoms with E-state index < -0.39 is 11.1 Å². The molecule has 0 N–H and O–H groups in total. The molecule has 0 saturated carbocycles. The fourth-order valence-corrected chi connectivity index (χ4v) is 3.96. The van der Waals surface area contributed by atoms with E-state index in [4.69, 9.17) is 9.47 Å². The lowest BCUT2D eigenvalue weighted by Crippen LogP contribution is -2.40. The van der Waals surface area contributed by atoms with E-state index >= 15 is 0 Å². The van der Waals surface area contributed by atoms with E-state index in [2.05, 4.69) is 5.10 Å². The summed E-state index contributed by atoms with van der Waals surface area (Å²) in [5, 5.41) is 4.61. The molecule has 2 aromatic heterocycles. The van der Waals surface area contributed by atoms with E-state index in [1.54, 1.807) is 14.2 Å². The molecule has 166 valence electrons. The smallest absolute Gasteiger partial charge is 0.333 e. The van der Waals surface area contributed by atoms with Crippen LogP contribution in [0.15, 0.2) is 82.4 Å². The fraction of sp³-hybridized carbons (Fsp3) is 0.160. The molecule has 0 fully saturated rings. The van der Waals surface area contributed by atoms with Crippen molar-refractivity contribution in [3.8, 4) is 11.5 Å². The molecular weight excluding hydrogens is 420 g/mol. The lowest BCUT2D eigenvalue weighted by Gasteiger charge is -2.09. The number of rotatable bonds is 6. The predicted octanol–water partition coefficient (Wildman–Crippen LogP) is 2.92. The molecule has 0 aliphatic rings. The summed E-state index contributed by atoms with van der Waals surface area (Å²) in [5.74, 6) is 1.89. The van der Waals surface area contributed by atoms with Crippen LogP contribution in [0.25, 0.3) is 16.8 Å². The van der Waals surface area contributed by atoms with E-state index in [1.807, 2.05) is 77.4 Å². The van der Waals surface area contributed by atoms with Gasteiger partial charge in [0.2, 0.25) is 5.78 Å². The van der Waals surface area contributed by atoms with Crippen molar-refractivity contribution in [3.05, 3.63) is 105 Å². The number of fused-ring (bicyclic) bond motifs is 3. The zero-order valence-electron chi connectivity index (χ0n) is 18.3. The van der Waals surface area contributed by atoms with Crippen LogP contribution in [0.5, 0.6) is 11.5 Å². The molecule has 8 heteroatoms. The molecule has 33 heavy (non-hydrogen) atoms. The molecule has 0 spiro atoms. The minimum Gasteiger partial charge on any atom is -0.497 e. The summed E-state index contributed by atoms with van der Waals surface area (Å²) in [5.41, 5.74) is 2.02. The molecule has 3 aromatic carbocycles. The molecule has 0 aliphatic heterocycles. The van der Waals surface area contributed by atoms with E-state index in [0.29, 0.717) is 23.6 Å². The molecule has 0 radical (unpaired) electrons. The molecule has 0 bridgehead atoms. The molecular formula is C25H22N4O4. The van der Waals surface area contributed by atoms with Gasteiger partial charge in [-0.25, -0.2) is 9.08 Å².